The molecular formula is C18H16FN3O3. The Labute approximate surface area is 143 Å². The summed E-state index contributed by atoms with van der Waals surface area (Å²) in [6.07, 6.45) is 0.299. The van der Waals surface area contributed by atoms with E-state index in [9.17, 15) is 18.8 Å². The molecule has 1 saturated heterocycles. The molecule has 1 aliphatic heterocycles. The van der Waals surface area contributed by atoms with Gasteiger partial charge < -0.3 is 5.32 Å². The van der Waals surface area contributed by atoms with Gasteiger partial charge in [-0.1, -0.05) is 49.4 Å². The van der Waals surface area contributed by atoms with Crippen molar-refractivity contribution in [2.24, 2.45) is 0 Å². The van der Waals surface area contributed by atoms with E-state index in [1.165, 1.54) is 18.2 Å². The van der Waals surface area contributed by atoms with Crippen molar-refractivity contribution >= 4 is 17.8 Å². The van der Waals surface area contributed by atoms with Crippen LogP contribution in [-0.2, 0) is 10.3 Å². The maximum Gasteiger partial charge on any atom is 0.344 e. The predicted octanol–water partition coefficient (Wildman–Crippen LogP) is 2.33. The van der Waals surface area contributed by atoms with E-state index in [2.05, 4.69) is 10.7 Å². The molecule has 2 N–H and O–H groups in total. The van der Waals surface area contributed by atoms with E-state index in [-0.39, 0.29) is 5.56 Å². The Morgan fingerprint density at radius 1 is 1.12 bits per heavy atom. The molecule has 1 atom stereocenters. The van der Waals surface area contributed by atoms with E-state index in [4.69, 9.17) is 0 Å². The number of imide groups is 1. The number of amides is 4. The van der Waals surface area contributed by atoms with Gasteiger partial charge in [-0.05, 0) is 24.1 Å². The standard InChI is InChI=1S/C18H16FN3O3/c1-2-18(12-8-4-3-5-9-12)16(24)22(17(25)20-18)21-15(23)13-10-6-7-11-14(13)19/h3-11H,2H2,1H3,(H,20,25)(H,21,23)/t18-/m0/s1. The molecule has 2 aromatic rings. The number of carbonyl (C=O) groups is 3. The molecule has 0 saturated carbocycles. The topological polar surface area (TPSA) is 78.5 Å². The van der Waals surface area contributed by atoms with Gasteiger partial charge in [0.05, 0.1) is 5.56 Å². The van der Waals surface area contributed by atoms with Crippen LogP contribution < -0.4 is 10.7 Å². The first-order valence-corrected chi connectivity index (χ1v) is 7.77. The molecule has 1 fully saturated rings. The minimum absolute atomic E-state index is 0.253. The summed E-state index contributed by atoms with van der Waals surface area (Å²) in [6.45, 7) is 1.76. The predicted molar refractivity (Wildman–Crippen MR) is 87.7 cm³/mol. The summed E-state index contributed by atoms with van der Waals surface area (Å²) in [7, 11) is 0. The Morgan fingerprint density at radius 2 is 1.76 bits per heavy atom. The number of nitrogens with one attached hydrogen (secondary N) is 2. The van der Waals surface area contributed by atoms with E-state index < -0.39 is 29.2 Å². The lowest BCUT2D eigenvalue weighted by molar-refractivity contribution is -0.133. The van der Waals surface area contributed by atoms with Gasteiger partial charge in [0.15, 0.2) is 0 Å². The quantitative estimate of drug-likeness (QED) is 0.838. The van der Waals surface area contributed by atoms with E-state index in [1.807, 2.05) is 0 Å². The second-order valence-corrected chi connectivity index (χ2v) is 5.62. The van der Waals surface area contributed by atoms with E-state index >= 15 is 0 Å². The third-order valence-electron chi connectivity index (χ3n) is 4.22. The van der Waals surface area contributed by atoms with E-state index in [0.717, 1.165) is 6.07 Å². The van der Waals surface area contributed by atoms with Gasteiger partial charge in [0.2, 0.25) is 0 Å². The molecule has 4 amide bonds. The Hall–Kier alpha value is -3.22. The van der Waals surface area contributed by atoms with Gasteiger partial charge in [-0.25, -0.2) is 9.18 Å². The Morgan fingerprint density at radius 3 is 2.40 bits per heavy atom. The second kappa shape index (κ2) is 6.35. The number of rotatable bonds is 4. The van der Waals surface area contributed by atoms with Gasteiger partial charge >= 0.3 is 6.03 Å². The van der Waals surface area contributed by atoms with Gasteiger partial charge in [-0.3, -0.25) is 15.0 Å². The van der Waals surface area contributed by atoms with Gasteiger partial charge in [-0.15, -0.1) is 0 Å². The highest BCUT2D eigenvalue weighted by molar-refractivity contribution is 6.09. The molecule has 0 aromatic heterocycles. The third-order valence-corrected chi connectivity index (χ3v) is 4.22. The number of carbonyl (C=O) groups excluding carboxylic acids is 3. The fourth-order valence-corrected chi connectivity index (χ4v) is 2.85. The number of nitrogens with zero attached hydrogens (tertiary/aromatic N) is 1. The van der Waals surface area contributed by atoms with Gasteiger partial charge in [0, 0.05) is 0 Å². The number of hydrogen-bond acceptors (Lipinski definition) is 3. The number of hydrazine groups is 1. The first-order chi connectivity index (χ1) is 12.0. The zero-order chi connectivity index (χ0) is 18.0. The van der Waals surface area contributed by atoms with E-state index in [0.29, 0.717) is 17.0 Å². The largest absolute Gasteiger partial charge is 0.344 e. The van der Waals surface area contributed by atoms with Crippen LogP contribution in [0, 0.1) is 5.82 Å². The smallest absolute Gasteiger partial charge is 0.318 e. The average Bonchev–Trinajstić information content (AvgIpc) is 2.88. The zero-order valence-electron chi connectivity index (χ0n) is 13.5. The van der Waals surface area contributed by atoms with Crippen LogP contribution in [0.15, 0.2) is 54.6 Å². The first-order valence-electron chi connectivity index (χ1n) is 7.77. The molecule has 0 bridgehead atoms. The normalized spacial score (nSPS) is 19.7. The van der Waals surface area contributed by atoms with E-state index in [1.54, 1.807) is 37.3 Å². The average molecular weight is 341 g/mol. The molecule has 25 heavy (non-hydrogen) atoms. The molecule has 0 radical (unpaired) electrons. The molecule has 3 rings (SSSR count). The molecule has 0 spiro atoms. The zero-order valence-corrected chi connectivity index (χ0v) is 13.5. The lowest BCUT2D eigenvalue weighted by Crippen LogP contribution is -2.48. The minimum Gasteiger partial charge on any atom is -0.318 e. The van der Waals surface area contributed by atoms with Crippen LogP contribution in [0.1, 0.15) is 29.3 Å². The van der Waals surface area contributed by atoms with Crippen molar-refractivity contribution in [3.05, 3.63) is 71.5 Å². The summed E-state index contributed by atoms with van der Waals surface area (Å²) >= 11 is 0. The number of urea groups is 1. The highest BCUT2D eigenvalue weighted by atomic mass is 19.1. The van der Waals surface area contributed by atoms with Gasteiger partial charge in [-0.2, -0.15) is 5.01 Å². The fraction of sp³-hybridized carbons (Fsp3) is 0.167. The summed E-state index contributed by atoms with van der Waals surface area (Å²) < 4.78 is 13.7. The number of halogens is 1. The Bertz CT molecular complexity index is 840. The lowest BCUT2D eigenvalue weighted by Gasteiger charge is -2.25. The molecular weight excluding hydrogens is 325 g/mol. The summed E-state index contributed by atoms with van der Waals surface area (Å²) in [6, 6.07) is 13.3. The van der Waals surface area contributed by atoms with Crippen molar-refractivity contribution in [3.8, 4) is 0 Å². The van der Waals surface area contributed by atoms with Crippen molar-refractivity contribution < 1.29 is 18.8 Å². The summed E-state index contributed by atoms with van der Waals surface area (Å²) in [4.78, 5) is 37.3. The molecule has 7 heteroatoms. The van der Waals surface area contributed by atoms with Crippen LogP contribution in [0.4, 0.5) is 9.18 Å². The van der Waals surface area contributed by atoms with Gasteiger partial charge in [0.1, 0.15) is 11.4 Å². The molecule has 6 nitrogen and oxygen atoms in total. The van der Waals surface area contributed by atoms with Crippen molar-refractivity contribution in [1.29, 1.82) is 0 Å². The maximum absolute atomic E-state index is 13.7. The van der Waals surface area contributed by atoms with Crippen molar-refractivity contribution in [1.82, 2.24) is 15.8 Å². The van der Waals surface area contributed by atoms with Gasteiger partial charge in [0.25, 0.3) is 11.8 Å². The fourth-order valence-electron chi connectivity index (χ4n) is 2.85. The SMILES string of the molecule is CC[C@@]1(c2ccccc2)NC(=O)N(NC(=O)c2ccccc2F)C1=O. The molecule has 1 aliphatic rings. The van der Waals surface area contributed by atoms with Crippen LogP contribution in [0.2, 0.25) is 0 Å². The van der Waals surface area contributed by atoms with Crippen LogP contribution >= 0.6 is 0 Å². The Balaban J connectivity index is 1.89. The van der Waals surface area contributed by atoms with Crippen molar-refractivity contribution in [2.45, 2.75) is 18.9 Å². The van der Waals surface area contributed by atoms with Crippen LogP contribution in [0.25, 0.3) is 0 Å². The summed E-state index contributed by atoms with van der Waals surface area (Å²) in [5.41, 5.74) is 1.28. The monoisotopic (exact) mass is 341 g/mol. The molecule has 0 aliphatic carbocycles. The third kappa shape index (κ3) is 2.73. The van der Waals surface area contributed by atoms with Crippen molar-refractivity contribution in [3.63, 3.8) is 0 Å². The summed E-state index contributed by atoms with van der Waals surface area (Å²) in [5.74, 6) is -2.23. The minimum atomic E-state index is -1.26. The lowest BCUT2D eigenvalue weighted by atomic mass is 9.87. The van der Waals surface area contributed by atoms with Crippen molar-refractivity contribution in [2.75, 3.05) is 0 Å². The highest BCUT2D eigenvalue weighted by Crippen LogP contribution is 2.31. The number of benzene rings is 2. The van der Waals surface area contributed by atoms with Crippen LogP contribution in [0.5, 0.6) is 0 Å². The van der Waals surface area contributed by atoms with Crippen LogP contribution in [0.3, 0.4) is 0 Å². The maximum atomic E-state index is 13.7. The first kappa shape index (κ1) is 16.6. The molecule has 0 unspecified atom stereocenters. The number of hydrogen-bond donors (Lipinski definition) is 2. The summed E-state index contributed by atoms with van der Waals surface area (Å²) in [5, 5.41) is 3.24. The van der Waals surface area contributed by atoms with Crippen LogP contribution in [-0.4, -0.2) is 22.9 Å². The Kier molecular flexibility index (Phi) is 4.22. The molecule has 128 valence electrons. The molecule has 2 aromatic carbocycles. The second-order valence-electron chi connectivity index (χ2n) is 5.62. The highest BCUT2D eigenvalue weighted by Gasteiger charge is 2.52. The molecule has 1 heterocycles.